The first-order valence-electron chi connectivity index (χ1n) is 6.84. The van der Waals surface area contributed by atoms with Crippen molar-refractivity contribution in [2.75, 3.05) is 6.61 Å². The van der Waals surface area contributed by atoms with Gasteiger partial charge in [-0.3, -0.25) is 0 Å². The van der Waals surface area contributed by atoms with Gasteiger partial charge in [0.15, 0.2) is 0 Å². The van der Waals surface area contributed by atoms with Crippen molar-refractivity contribution < 1.29 is 4.74 Å². The fourth-order valence-electron chi connectivity index (χ4n) is 2.62. The van der Waals surface area contributed by atoms with E-state index < -0.39 is 0 Å². The van der Waals surface area contributed by atoms with E-state index in [1.165, 1.54) is 16.7 Å². The number of hydrogen-bond acceptors (Lipinski definition) is 2. The maximum Gasteiger partial charge on any atom is 0.122 e. The molecule has 0 bridgehead atoms. The first-order chi connectivity index (χ1) is 9.56. The summed E-state index contributed by atoms with van der Waals surface area (Å²) in [6, 6.07) is 10.0. The van der Waals surface area contributed by atoms with Crippen molar-refractivity contribution >= 4 is 11.6 Å². The summed E-state index contributed by atoms with van der Waals surface area (Å²) < 4.78 is 5.53. The Morgan fingerprint density at radius 2 is 1.90 bits per heavy atom. The zero-order valence-corrected chi connectivity index (χ0v) is 12.5. The molecule has 3 heteroatoms. The van der Waals surface area contributed by atoms with Gasteiger partial charge in [-0.25, -0.2) is 0 Å². The second-order valence-electron chi connectivity index (χ2n) is 5.40. The van der Waals surface area contributed by atoms with Gasteiger partial charge in [0.1, 0.15) is 5.75 Å². The third-order valence-electron chi connectivity index (χ3n) is 4.02. The standard InChI is InChI=1S/C17H18ClNO/c1-10-7-14(15(18)8-11(10)2)17(19)13-3-4-16-12(9-13)5-6-20-16/h3-4,7-9,17H,5-6,19H2,1-2H3. The highest BCUT2D eigenvalue weighted by Crippen LogP contribution is 2.33. The van der Waals surface area contributed by atoms with E-state index in [1.54, 1.807) is 0 Å². The topological polar surface area (TPSA) is 35.2 Å². The van der Waals surface area contributed by atoms with Gasteiger partial charge in [-0.15, -0.1) is 0 Å². The summed E-state index contributed by atoms with van der Waals surface area (Å²) in [5.41, 5.74) is 12.1. The lowest BCUT2D eigenvalue weighted by Gasteiger charge is -2.17. The fraction of sp³-hybridized carbons (Fsp3) is 0.294. The molecule has 1 unspecified atom stereocenters. The van der Waals surface area contributed by atoms with Gasteiger partial charge in [0, 0.05) is 11.4 Å². The first kappa shape index (κ1) is 13.5. The van der Waals surface area contributed by atoms with Gasteiger partial charge in [-0.05, 0) is 53.8 Å². The van der Waals surface area contributed by atoms with Crippen LogP contribution in [0.15, 0.2) is 30.3 Å². The maximum atomic E-state index is 6.40. The Balaban J connectivity index is 2.00. The highest BCUT2D eigenvalue weighted by molar-refractivity contribution is 6.31. The third kappa shape index (κ3) is 2.30. The monoisotopic (exact) mass is 287 g/mol. The summed E-state index contributed by atoms with van der Waals surface area (Å²) in [7, 11) is 0. The van der Waals surface area contributed by atoms with Crippen molar-refractivity contribution in [3.05, 3.63) is 63.2 Å². The SMILES string of the molecule is Cc1cc(Cl)c(C(N)c2ccc3c(c2)CCO3)cc1C. The minimum absolute atomic E-state index is 0.201. The van der Waals surface area contributed by atoms with E-state index in [0.717, 1.165) is 34.9 Å². The maximum absolute atomic E-state index is 6.40. The molecule has 1 aliphatic rings. The summed E-state index contributed by atoms with van der Waals surface area (Å²) >= 11 is 6.36. The summed E-state index contributed by atoms with van der Waals surface area (Å²) in [5, 5.41) is 0.734. The molecule has 0 saturated carbocycles. The van der Waals surface area contributed by atoms with E-state index in [4.69, 9.17) is 22.1 Å². The van der Waals surface area contributed by atoms with E-state index >= 15 is 0 Å². The van der Waals surface area contributed by atoms with Crippen LogP contribution < -0.4 is 10.5 Å². The quantitative estimate of drug-likeness (QED) is 0.908. The molecule has 104 valence electrons. The highest BCUT2D eigenvalue weighted by Gasteiger charge is 2.18. The molecular formula is C17H18ClNO. The summed E-state index contributed by atoms with van der Waals surface area (Å²) in [6.07, 6.45) is 0.955. The van der Waals surface area contributed by atoms with E-state index in [9.17, 15) is 0 Å². The second-order valence-corrected chi connectivity index (χ2v) is 5.81. The number of benzene rings is 2. The fourth-order valence-corrected chi connectivity index (χ4v) is 2.96. The van der Waals surface area contributed by atoms with Crippen LogP contribution in [0, 0.1) is 13.8 Å². The van der Waals surface area contributed by atoms with Crippen LogP contribution in [0.3, 0.4) is 0 Å². The molecule has 0 fully saturated rings. The van der Waals surface area contributed by atoms with Crippen molar-refractivity contribution in [3.63, 3.8) is 0 Å². The molecule has 3 rings (SSSR count). The number of aryl methyl sites for hydroxylation is 2. The summed E-state index contributed by atoms with van der Waals surface area (Å²) in [6.45, 7) is 4.90. The zero-order valence-electron chi connectivity index (χ0n) is 11.7. The average molecular weight is 288 g/mol. The Kier molecular flexibility index (Phi) is 3.45. The molecule has 2 N–H and O–H groups in total. The number of halogens is 1. The Bertz CT molecular complexity index is 666. The largest absolute Gasteiger partial charge is 0.493 e. The van der Waals surface area contributed by atoms with Gasteiger partial charge in [0.2, 0.25) is 0 Å². The normalized spacial score (nSPS) is 14.8. The second kappa shape index (κ2) is 5.12. The van der Waals surface area contributed by atoms with Crippen LogP contribution in [-0.4, -0.2) is 6.61 Å². The lowest BCUT2D eigenvalue weighted by Crippen LogP contribution is -2.13. The van der Waals surface area contributed by atoms with Crippen LogP contribution in [0.2, 0.25) is 5.02 Å². The Hall–Kier alpha value is -1.51. The van der Waals surface area contributed by atoms with E-state index in [2.05, 4.69) is 26.0 Å². The number of fused-ring (bicyclic) bond motifs is 1. The van der Waals surface area contributed by atoms with Gasteiger partial charge in [-0.2, -0.15) is 0 Å². The Labute approximate surface area is 124 Å². The summed E-state index contributed by atoms with van der Waals surface area (Å²) in [5.74, 6) is 0.979. The molecule has 20 heavy (non-hydrogen) atoms. The molecule has 0 saturated heterocycles. The van der Waals surface area contributed by atoms with Gasteiger partial charge in [0.05, 0.1) is 12.6 Å². The van der Waals surface area contributed by atoms with Gasteiger partial charge >= 0.3 is 0 Å². The Morgan fingerprint density at radius 1 is 1.15 bits per heavy atom. The summed E-state index contributed by atoms with van der Waals surface area (Å²) in [4.78, 5) is 0. The third-order valence-corrected chi connectivity index (χ3v) is 4.35. The number of rotatable bonds is 2. The van der Waals surface area contributed by atoms with Crippen LogP contribution in [0.1, 0.15) is 33.9 Å². The highest BCUT2D eigenvalue weighted by atomic mass is 35.5. The average Bonchev–Trinajstić information content (AvgIpc) is 2.89. The minimum atomic E-state index is -0.201. The Morgan fingerprint density at radius 3 is 2.70 bits per heavy atom. The molecule has 0 amide bonds. The predicted octanol–water partition coefficient (Wildman–Crippen LogP) is 3.94. The van der Waals surface area contributed by atoms with Crippen molar-refractivity contribution in [2.45, 2.75) is 26.3 Å². The molecule has 0 radical (unpaired) electrons. The molecule has 2 aromatic rings. The molecular weight excluding hydrogens is 270 g/mol. The van der Waals surface area contributed by atoms with Crippen LogP contribution in [0.4, 0.5) is 0 Å². The van der Waals surface area contributed by atoms with Crippen LogP contribution in [-0.2, 0) is 6.42 Å². The van der Waals surface area contributed by atoms with Gasteiger partial charge in [0.25, 0.3) is 0 Å². The molecule has 0 aliphatic carbocycles. The van der Waals surface area contributed by atoms with Gasteiger partial charge < -0.3 is 10.5 Å². The van der Waals surface area contributed by atoms with Crippen molar-refractivity contribution in [1.82, 2.24) is 0 Å². The van der Waals surface area contributed by atoms with Crippen LogP contribution >= 0.6 is 11.6 Å². The van der Waals surface area contributed by atoms with Crippen LogP contribution in [0.25, 0.3) is 0 Å². The van der Waals surface area contributed by atoms with Crippen molar-refractivity contribution in [2.24, 2.45) is 5.73 Å². The molecule has 1 aliphatic heterocycles. The lowest BCUT2D eigenvalue weighted by molar-refractivity contribution is 0.357. The molecule has 1 heterocycles. The molecule has 2 aromatic carbocycles. The molecule has 1 atom stereocenters. The molecule has 2 nitrogen and oxygen atoms in total. The first-order valence-corrected chi connectivity index (χ1v) is 7.22. The van der Waals surface area contributed by atoms with E-state index in [1.807, 2.05) is 18.2 Å². The van der Waals surface area contributed by atoms with E-state index in [0.29, 0.717) is 0 Å². The van der Waals surface area contributed by atoms with E-state index in [-0.39, 0.29) is 6.04 Å². The smallest absolute Gasteiger partial charge is 0.122 e. The lowest BCUT2D eigenvalue weighted by atomic mass is 9.95. The zero-order chi connectivity index (χ0) is 14.3. The molecule has 0 spiro atoms. The van der Waals surface area contributed by atoms with Crippen molar-refractivity contribution in [3.8, 4) is 5.75 Å². The van der Waals surface area contributed by atoms with Crippen molar-refractivity contribution in [1.29, 1.82) is 0 Å². The molecule has 0 aromatic heterocycles. The number of ether oxygens (including phenoxy) is 1. The van der Waals surface area contributed by atoms with Gasteiger partial charge in [-0.1, -0.05) is 29.8 Å². The minimum Gasteiger partial charge on any atom is -0.493 e. The predicted molar refractivity (Wildman–Crippen MR) is 82.6 cm³/mol. The number of hydrogen-bond donors (Lipinski definition) is 1. The van der Waals surface area contributed by atoms with Crippen LogP contribution in [0.5, 0.6) is 5.75 Å². The number of nitrogens with two attached hydrogens (primary N) is 1.